The van der Waals surface area contributed by atoms with Crippen LogP contribution in [0.15, 0.2) is 35.5 Å². The number of aromatic carboxylic acids is 1. The lowest BCUT2D eigenvalue weighted by molar-refractivity contribution is 0.0695. The second-order valence-electron chi connectivity index (χ2n) is 11.2. The van der Waals surface area contributed by atoms with Crippen molar-refractivity contribution in [3.63, 3.8) is 0 Å². The van der Waals surface area contributed by atoms with E-state index in [1.165, 1.54) is 16.8 Å². The molecule has 42 heavy (non-hydrogen) atoms. The normalized spacial score (nSPS) is 18.7. The van der Waals surface area contributed by atoms with Gasteiger partial charge in [0.25, 0.3) is 0 Å². The van der Waals surface area contributed by atoms with Crippen LogP contribution in [0.4, 0.5) is 15.8 Å². The van der Waals surface area contributed by atoms with Crippen molar-refractivity contribution in [2.24, 2.45) is 13.0 Å². The number of aromatic amines is 1. The Morgan fingerprint density at radius 3 is 2.76 bits per heavy atom. The van der Waals surface area contributed by atoms with Gasteiger partial charge in [-0.2, -0.15) is 5.26 Å². The van der Waals surface area contributed by atoms with Crippen molar-refractivity contribution in [2.45, 2.75) is 12.5 Å². The molecule has 4 aromatic heterocycles. The van der Waals surface area contributed by atoms with Crippen LogP contribution in [0.2, 0.25) is 0 Å². The van der Waals surface area contributed by atoms with Crippen LogP contribution in [0.5, 0.6) is 0 Å². The summed E-state index contributed by atoms with van der Waals surface area (Å²) >= 11 is 0. The molecule has 2 atom stereocenters. The number of aryl methyl sites for hydroxylation is 1. The molecule has 12 heteroatoms. The maximum absolute atomic E-state index is 15.3. The first-order valence-electron chi connectivity index (χ1n) is 13.6. The Bertz CT molecular complexity index is 2080. The van der Waals surface area contributed by atoms with Gasteiger partial charge in [-0.15, -0.1) is 0 Å². The monoisotopic (exact) mass is 566 g/mol. The highest BCUT2D eigenvalue weighted by atomic mass is 19.1. The fraction of sp³-hybridized carbons (Fsp3) is 0.300. The molecule has 0 aliphatic carbocycles. The Hall–Kier alpha value is -5.02. The molecule has 1 aromatic carbocycles. The number of likely N-dealkylation sites (N-methyl/N-ethyl adjacent to an activating group) is 1. The number of aromatic nitrogens is 4. The van der Waals surface area contributed by atoms with Gasteiger partial charge in [0.1, 0.15) is 28.7 Å². The zero-order valence-electron chi connectivity index (χ0n) is 23.2. The molecule has 7 rings (SSSR count). The van der Waals surface area contributed by atoms with Crippen molar-refractivity contribution in [2.75, 3.05) is 43.9 Å². The van der Waals surface area contributed by atoms with Gasteiger partial charge in [0.15, 0.2) is 0 Å². The summed E-state index contributed by atoms with van der Waals surface area (Å²) in [4.78, 5) is 42.2. The Kier molecular flexibility index (Phi) is 5.71. The number of carboxylic acid groups (broad SMARTS) is 1. The number of carboxylic acids is 1. The Morgan fingerprint density at radius 1 is 1.21 bits per heavy atom. The lowest BCUT2D eigenvalue weighted by Crippen LogP contribution is -2.35. The molecule has 0 spiro atoms. The zero-order chi connectivity index (χ0) is 29.4. The first kappa shape index (κ1) is 25.9. The minimum absolute atomic E-state index is 0.0775. The number of nitrogens with zero attached hydrogens (tertiary/aromatic N) is 6. The standard InChI is InChI=1S/C30H27FN8O3/c1-33-21-7-20(31)17(8-32)23-24-26(39-5-4-14-11-37(2)13-22(14)39)18(10-34-28(24)36-25(21)23)15-6-16-27(40)19(30(41)42)12-38(3)29(16)35-9-15/h6-7,9-10,12,14,22,33H,4-5,11,13H2,1-3H3,(H,34,36)(H,41,42)/t14-,22+/m1/s1. The lowest BCUT2D eigenvalue weighted by Gasteiger charge is -2.29. The number of halogens is 1. The Labute approximate surface area is 238 Å². The van der Waals surface area contributed by atoms with Gasteiger partial charge in [0.05, 0.1) is 33.2 Å². The molecule has 2 aliphatic rings. The van der Waals surface area contributed by atoms with Crippen LogP contribution in [0.3, 0.4) is 0 Å². The summed E-state index contributed by atoms with van der Waals surface area (Å²) < 4.78 is 16.8. The predicted molar refractivity (Wildman–Crippen MR) is 157 cm³/mol. The summed E-state index contributed by atoms with van der Waals surface area (Å²) in [5.41, 5.74) is 2.90. The molecule has 212 valence electrons. The summed E-state index contributed by atoms with van der Waals surface area (Å²) in [6, 6.07) is 5.20. The molecule has 2 aliphatic heterocycles. The topological polar surface area (TPSA) is 143 Å². The van der Waals surface area contributed by atoms with Gasteiger partial charge < -0.3 is 29.8 Å². The summed E-state index contributed by atoms with van der Waals surface area (Å²) in [5.74, 6) is -1.51. The number of anilines is 2. The number of hydrogen-bond acceptors (Lipinski definition) is 8. The second-order valence-corrected chi connectivity index (χ2v) is 11.2. The SMILES string of the molecule is CNc1cc(F)c(C#N)c2c1[nH]c1ncc(-c3cnc4c(c3)c(=O)c(C(=O)O)cn4C)c(N3CC[C@@H]4CN(C)C[C@@H]43)c12. The van der Waals surface area contributed by atoms with E-state index in [9.17, 15) is 20.0 Å². The van der Waals surface area contributed by atoms with Crippen molar-refractivity contribution in [1.82, 2.24) is 24.4 Å². The lowest BCUT2D eigenvalue weighted by atomic mass is 9.98. The fourth-order valence-corrected chi connectivity index (χ4v) is 6.91. The summed E-state index contributed by atoms with van der Waals surface area (Å²) in [5, 5.41) is 23.9. The van der Waals surface area contributed by atoms with Gasteiger partial charge >= 0.3 is 5.97 Å². The maximum Gasteiger partial charge on any atom is 0.341 e. The van der Waals surface area contributed by atoms with E-state index >= 15 is 4.39 Å². The highest BCUT2D eigenvalue weighted by Crippen LogP contribution is 2.47. The largest absolute Gasteiger partial charge is 0.477 e. The molecule has 0 unspecified atom stereocenters. The number of pyridine rings is 3. The summed E-state index contributed by atoms with van der Waals surface area (Å²) in [7, 11) is 5.43. The van der Waals surface area contributed by atoms with E-state index in [2.05, 4.69) is 38.2 Å². The molecule has 0 bridgehead atoms. The third kappa shape index (κ3) is 3.60. The molecule has 5 aromatic rings. The number of likely N-dealkylation sites (tertiary alicyclic amines) is 1. The van der Waals surface area contributed by atoms with E-state index in [4.69, 9.17) is 4.98 Å². The number of nitrogens with one attached hydrogen (secondary N) is 2. The van der Waals surface area contributed by atoms with Crippen LogP contribution in [-0.4, -0.2) is 75.3 Å². The number of hydrogen-bond donors (Lipinski definition) is 3. The zero-order valence-corrected chi connectivity index (χ0v) is 23.2. The number of rotatable bonds is 4. The third-order valence-corrected chi connectivity index (χ3v) is 8.78. The number of nitriles is 1. The van der Waals surface area contributed by atoms with Crippen molar-refractivity contribution in [3.05, 3.63) is 57.9 Å². The highest BCUT2D eigenvalue weighted by molar-refractivity contribution is 6.20. The summed E-state index contributed by atoms with van der Waals surface area (Å²) in [6.45, 7) is 2.56. The van der Waals surface area contributed by atoms with Gasteiger partial charge in [0, 0.05) is 80.9 Å². The molecule has 6 heterocycles. The molecule has 2 fully saturated rings. The van der Waals surface area contributed by atoms with E-state index in [0.717, 1.165) is 31.7 Å². The van der Waals surface area contributed by atoms with Gasteiger partial charge in [0.2, 0.25) is 5.43 Å². The molecule has 11 nitrogen and oxygen atoms in total. The average Bonchev–Trinajstić information content (AvgIpc) is 3.66. The third-order valence-electron chi connectivity index (χ3n) is 8.78. The fourth-order valence-electron chi connectivity index (χ4n) is 6.91. The minimum Gasteiger partial charge on any atom is -0.477 e. The Balaban J connectivity index is 1.59. The van der Waals surface area contributed by atoms with Crippen molar-refractivity contribution < 1.29 is 14.3 Å². The van der Waals surface area contributed by atoms with Crippen LogP contribution in [0.25, 0.3) is 44.1 Å². The van der Waals surface area contributed by atoms with Crippen LogP contribution in [0, 0.1) is 23.1 Å². The number of H-pyrrole nitrogens is 1. The number of benzene rings is 1. The highest BCUT2D eigenvalue weighted by Gasteiger charge is 2.42. The van der Waals surface area contributed by atoms with Gasteiger partial charge in [-0.1, -0.05) is 0 Å². The van der Waals surface area contributed by atoms with Gasteiger partial charge in [-0.25, -0.2) is 19.2 Å². The van der Waals surface area contributed by atoms with Crippen molar-refractivity contribution in [1.29, 1.82) is 5.26 Å². The maximum atomic E-state index is 15.3. The predicted octanol–water partition coefficient (Wildman–Crippen LogP) is 3.52. The summed E-state index contributed by atoms with van der Waals surface area (Å²) in [6.07, 6.45) is 5.58. The quantitative estimate of drug-likeness (QED) is 0.298. The average molecular weight is 567 g/mol. The Morgan fingerprint density at radius 2 is 2.02 bits per heavy atom. The molecule has 0 saturated carbocycles. The van der Waals surface area contributed by atoms with Crippen molar-refractivity contribution >= 4 is 50.3 Å². The molecule has 2 saturated heterocycles. The van der Waals surface area contributed by atoms with E-state index in [-0.39, 0.29) is 22.6 Å². The molecule has 3 N–H and O–H groups in total. The molecular formula is C30H27FN8O3. The minimum atomic E-state index is -1.31. The smallest absolute Gasteiger partial charge is 0.341 e. The molecular weight excluding hydrogens is 539 g/mol. The first-order chi connectivity index (χ1) is 20.2. The van der Waals surface area contributed by atoms with E-state index < -0.39 is 17.2 Å². The molecule has 0 radical (unpaired) electrons. The van der Waals surface area contributed by atoms with E-state index in [1.54, 1.807) is 32.6 Å². The van der Waals surface area contributed by atoms with Gasteiger partial charge in [-0.05, 0) is 25.5 Å². The second kappa shape index (κ2) is 9.25. The van der Waals surface area contributed by atoms with Crippen LogP contribution in [0.1, 0.15) is 22.3 Å². The van der Waals surface area contributed by atoms with E-state index in [0.29, 0.717) is 50.3 Å². The first-order valence-corrected chi connectivity index (χ1v) is 13.6. The molecule has 0 amide bonds. The van der Waals surface area contributed by atoms with Gasteiger partial charge in [-0.3, -0.25) is 4.79 Å². The van der Waals surface area contributed by atoms with Crippen molar-refractivity contribution in [3.8, 4) is 17.2 Å². The van der Waals surface area contributed by atoms with Crippen LogP contribution in [-0.2, 0) is 7.05 Å². The van der Waals surface area contributed by atoms with Crippen LogP contribution >= 0.6 is 0 Å². The van der Waals surface area contributed by atoms with Crippen LogP contribution < -0.4 is 15.6 Å². The van der Waals surface area contributed by atoms with E-state index in [1.807, 2.05) is 0 Å². The number of fused-ring (bicyclic) bond motifs is 5. The number of carbonyl (C=O) groups is 1.